The zero-order valence-corrected chi connectivity index (χ0v) is 10.5. The fraction of sp³-hybridized carbons (Fsp3) is 0.909. The fourth-order valence-electron chi connectivity index (χ4n) is 1.41. The van der Waals surface area contributed by atoms with Crippen molar-refractivity contribution in [2.45, 2.75) is 58.0 Å². The van der Waals surface area contributed by atoms with Crippen LogP contribution >= 0.6 is 0 Å². The van der Waals surface area contributed by atoms with Crippen molar-refractivity contribution in [3.05, 3.63) is 6.92 Å². The first kappa shape index (κ1) is 13.2. The summed E-state index contributed by atoms with van der Waals surface area (Å²) in [6, 6.07) is 2.52. The predicted molar refractivity (Wildman–Crippen MR) is 62.5 cm³/mol. The van der Waals surface area contributed by atoms with Gasteiger partial charge in [0.25, 0.3) is 0 Å². The fourth-order valence-corrected chi connectivity index (χ4v) is 3.18. The van der Waals surface area contributed by atoms with Crippen LogP contribution in [-0.2, 0) is 4.43 Å². The minimum Gasteiger partial charge on any atom is -0.420 e. The summed E-state index contributed by atoms with van der Waals surface area (Å²) in [4.78, 5) is 0. The summed E-state index contributed by atoms with van der Waals surface area (Å²) in [5.74, 6) is 0. The van der Waals surface area contributed by atoms with Crippen LogP contribution in [0.5, 0.6) is 0 Å². The van der Waals surface area contributed by atoms with Crippen LogP contribution in [0, 0.1) is 6.92 Å². The van der Waals surface area contributed by atoms with Gasteiger partial charge >= 0.3 is 0 Å². The third-order valence-electron chi connectivity index (χ3n) is 2.33. The summed E-state index contributed by atoms with van der Waals surface area (Å²) < 4.78 is 5.88. The molecule has 0 heterocycles. The van der Waals surface area contributed by atoms with E-state index in [1.807, 2.05) is 0 Å². The second-order valence-corrected chi connectivity index (χ2v) is 6.58. The summed E-state index contributed by atoms with van der Waals surface area (Å²) in [5, 5.41) is 0. The highest BCUT2D eigenvalue weighted by atomic mass is 28.3. The second-order valence-electron chi connectivity index (χ2n) is 3.60. The lowest BCUT2D eigenvalue weighted by Gasteiger charge is -2.13. The van der Waals surface area contributed by atoms with Crippen molar-refractivity contribution in [3.8, 4) is 0 Å². The van der Waals surface area contributed by atoms with Gasteiger partial charge in [-0.25, -0.2) is 0 Å². The first-order valence-corrected chi connectivity index (χ1v) is 7.86. The van der Waals surface area contributed by atoms with Crippen LogP contribution in [0.3, 0.4) is 0 Å². The maximum absolute atomic E-state index is 5.88. The summed E-state index contributed by atoms with van der Waals surface area (Å²) >= 11 is 0. The van der Waals surface area contributed by atoms with Crippen molar-refractivity contribution in [1.82, 2.24) is 0 Å². The summed E-state index contributed by atoms with van der Waals surface area (Å²) in [7, 11) is -0.827. The smallest absolute Gasteiger partial charge is 0.176 e. The molecule has 0 bridgehead atoms. The van der Waals surface area contributed by atoms with Gasteiger partial charge in [-0.2, -0.15) is 0 Å². The van der Waals surface area contributed by atoms with Crippen LogP contribution in [0.1, 0.15) is 46.0 Å². The third-order valence-corrected chi connectivity index (χ3v) is 5.00. The predicted octanol–water partition coefficient (Wildman–Crippen LogP) is 3.55. The van der Waals surface area contributed by atoms with E-state index in [4.69, 9.17) is 4.43 Å². The maximum atomic E-state index is 5.88. The molecule has 0 saturated carbocycles. The van der Waals surface area contributed by atoms with Gasteiger partial charge in [0, 0.05) is 6.61 Å². The topological polar surface area (TPSA) is 9.23 Å². The molecule has 0 amide bonds. The Bertz CT molecular complexity index is 96.1. The molecule has 0 rings (SSSR count). The Morgan fingerprint density at radius 2 is 1.92 bits per heavy atom. The molecule has 0 N–H and O–H groups in total. The van der Waals surface area contributed by atoms with E-state index < -0.39 is 9.04 Å². The number of hydrogen-bond donors (Lipinski definition) is 0. The number of hydrogen-bond acceptors (Lipinski definition) is 1. The second kappa shape index (κ2) is 10.3. The molecule has 1 atom stereocenters. The molecule has 0 spiro atoms. The molecule has 1 unspecified atom stereocenters. The van der Waals surface area contributed by atoms with Gasteiger partial charge in [-0.1, -0.05) is 46.5 Å². The van der Waals surface area contributed by atoms with Crippen LogP contribution in [0.15, 0.2) is 0 Å². The molecule has 13 heavy (non-hydrogen) atoms. The normalized spacial score (nSPS) is 13.2. The van der Waals surface area contributed by atoms with Gasteiger partial charge in [-0.15, -0.1) is 0 Å². The highest BCUT2D eigenvalue weighted by Crippen LogP contribution is 2.06. The minimum atomic E-state index is -0.827. The van der Waals surface area contributed by atoms with Crippen LogP contribution in [-0.4, -0.2) is 15.6 Å². The minimum absolute atomic E-state index is 0.827. The molecule has 1 nitrogen and oxygen atoms in total. The van der Waals surface area contributed by atoms with Gasteiger partial charge in [0.2, 0.25) is 0 Å². The van der Waals surface area contributed by atoms with E-state index in [0.717, 1.165) is 13.0 Å². The van der Waals surface area contributed by atoms with E-state index in [0.29, 0.717) is 0 Å². The molecule has 2 heteroatoms. The molecule has 0 aromatic carbocycles. The van der Waals surface area contributed by atoms with Crippen LogP contribution < -0.4 is 0 Å². The molecular weight excluding hydrogens is 176 g/mol. The Hall–Kier alpha value is 0.177. The van der Waals surface area contributed by atoms with Gasteiger partial charge < -0.3 is 4.43 Å². The van der Waals surface area contributed by atoms with Gasteiger partial charge in [0.15, 0.2) is 9.04 Å². The van der Waals surface area contributed by atoms with Crippen LogP contribution in [0.25, 0.3) is 0 Å². The zero-order valence-electron chi connectivity index (χ0n) is 9.35. The van der Waals surface area contributed by atoms with E-state index in [-0.39, 0.29) is 0 Å². The molecule has 0 aromatic rings. The Morgan fingerprint density at radius 1 is 1.15 bits per heavy atom. The Balaban J connectivity index is 3.17. The molecule has 0 fully saturated rings. The van der Waals surface area contributed by atoms with Gasteiger partial charge in [0.1, 0.15) is 0 Å². The van der Waals surface area contributed by atoms with Crippen molar-refractivity contribution in [1.29, 1.82) is 0 Å². The largest absolute Gasteiger partial charge is 0.420 e. The summed E-state index contributed by atoms with van der Waals surface area (Å²) in [6.45, 7) is 9.38. The number of rotatable bonds is 9. The van der Waals surface area contributed by atoms with Gasteiger partial charge in [0.05, 0.1) is 0 Å². The first-order valence-electron chi connectivity index (χ1n) is 5.76. The van der Waals surface area contributed by atoms with Gasteiger partial charge in [-0.05, 0) is 18.5 Å². The van der Waals surface area contributed by atoms with E-state index in [1.54, 1.807) is 0 Å². The highest BCUT2D eigenvalue weighted by molar-refractivity contribution is 6.51. The molecule has 79 valence electrons. The van der Waals surface area contributed by atoms with Crippen molar-refractivity contribution in [2.24, 2.45) is 0 Å². The highest BCUT2D eigenvalue weighted by Gasteiger charge is 2.06. The average molecular weight is 201 g/mol. The lowest BCUT2D eigenvalue weighted by Crippen LogP contribution is -2.16. The van der Waals surface area contributed by atoms with E-state index in [9.17, 15) is 0 Å². The van der Waals surface area contributed by atoms with E-state index >= 15 is 0 Å². The molecule has 0 aromatic heterocycles. The van der Waals surface area contributed by atoms with Crippen LogP contribution in [0.2, 0.25) is 12.1 Å². The SMILES string of the molecule is [CH2]CC[SiH](CC)OCCCCCC. The van der Waals surface area contributed by atoms with Crippen molar-refractivity contribution in [2.75, 3.05) is 6.61 Å². The molecule has 1 radical (unpaired) electrons. The Kier molecular flexibility index (Phi) is 10.4. The summed E-state index contributed by atoms with van der Waals surface area (Å²) in [6.07, 6.45) is 6.32. The van der Waals surface area contributed by atoms with Crippen molar-refractivity contribution in [3.63, 3.8) is 0 Å². The molecule has 0 aliphatic heterocycles. The zero-order chi connectivity index (χ0) is 9.94. The van der Waals surface area contributed by atoms with Gasteiger partial charge in [-0.3, -0.25) is 0 Å². The lowest BCUT2D eigenvalue weighted by molar-refractivity contribution is 0.305. The molecule has 0 aliphatic carbocycles. The standard InChI is InChI=1S/C11H25OSi/c1-4-7-8-9-10-12-13(6-3)11-5-2/h13H,2,4-11H2,1,3H3. The Morgan fingerprint density at radius 3 is 2.46 bits per heavy atom. The third kappa shape index (κ3) is 8.51. The average Bonchev–Trinajstić information content (AvgIpc) is 2.16. The van der Waals surface area contributed by atoms with E-state index in [1.165, 1.54) is 37.8 Å². The molecule has 0 saturated heterocycles. The van der Waals surface area contributed by atoms with E-state index in [2.05, 4.69) is 20.8 Å². The monoisotopic (exact) mass is 201 g/mol. The van der Waals surface area contributed by atoms with Crippen molar-refractivity contribution >= 4 is 9.04 Å². The van der Waals surface area contributed by atoms with Crippen molar-refractivity contribution < 1.29 is 4.43 Å². The maximum Gasteiger partial charge on any atom is 0.176 e. The lowest BCUT2D eigenvalue weighted by atomic mass is 10.2. The summed E-state index contributed by atoms with van der Waals surface area (Å²) in [5.41, 5.74) is 0. The molecule has 0 aliphatic rings. The first-order chi connectivity index (χ1) is 6.35. The molecular formula is C11H25OSi. The van der Waals surface area contributed by atoms with Crippen LogP contribution in [0.4, 0.5) is 0 Å². The number of unbranched alkanes of at least 4 members (excludes halogenated alkanes) is 3. The Labute approximate surface area is 85.6 Å². The quantitative estimate of drug-likeness (QED) is 0.409.